The van der Waals surface area contributed by atoms with Gasteiger partial charge in [-0.25, -0.2) is 0 Å². The van der Waals surface area contributed by atoms with E-state index in [1.807, 2.05) is 24.3 Å². The van der Waals surface area contributed by atoms with Crippen LogP contribution in [0.4, 0.5) is 0 Å². The first-order valence-electron chi connectivity index (χ1n) is 6.27. The standard InChI is InChI=1S/C14H19NO2/c1-2-11-5-3-4-6-13(11)14(16)15-12-7-9-17-10-8-12/h3-6,12H,2,7-10H2,1H3,(H,15,16). The quantitative estimate of drug-likeness (QED) is 0.868. The molecule has 0 bridgehead atoms. The smallest absolute Gasteiger partial charge is 0.251 e. The highest BCUT2D eigenvalue weighted by molar-refractivity contribution is 5.95. The van der Waals surface area contributed by atoms with E-state index in [9.17, 15) is 4.79 Å². The molecule has 1 aromatic carbocycles. The molecule has 1 fully saturated rings. The maximum absolute atomic E-state index is 12.1. The van der Waals surface area contributed by atoms with Crippen LogP contribution >= 0.6 is 0 Å². The third kappa shape index (κ3) is 3.07. The molecule has 0 unspecified atom stereocenters. The van der Waals surface area contributed by atoms with E-state index in [0.29, 0.717) is 0 Å². The first kappa shape index (κ1) is 12.1. The molecule has 3 nitrogen and oxygen atoms in total. The third-order valence-corrected chi connectivity index (χ3v) is 3.20. The normalized spacial score (nSPS) is 16.8. The van der Waals surface area contributed by atoms with Crippen LogP contribution in [-0.4, -0.2) is 25.2 Å². The van der Waals surface area contributed by atoms with E-state index >= 15 is 0 Å². The second-order valence-electron chi connectivity index (χ2n) is 4.37. The van der Waals surface area contributed by atoms with Crippen molar-refractivity contribution in [2.24, 2.45) is 0 Å². The highest BCUT2D eigenvalue weighted by Crippen LogP contribution is 2.12. The predicted octanol–water partition coefficient (Wildman–Crippen LogP) is 2.16. The number of aryl methyl sites for hydroxylation is 1. The van der Waals surface area contributed by atoms with Crippen LogP contribution in [0.2, 0.25) is 0 Å². The summed E-state index contributed by atoms with van der Waals surface area (Å²) in [6, 6.07) is 8.07. The molecule has 1 aliphatic heterocycles. The molecule has 1 heterocycles. The van der Waals surface area contributed by atoms with Crippen molar-refractivity contribution < 1.29 is 9.53 Å². The zero-order valence-corrected chi connectivity index (χ0v) is 10.2. The number of hydrogen-bond acceptors (Lipinski definition) is 2. The van der Waals surface area contributed by atoms with Gasteiger partial charge in [-0.15, -0.1) is 0 Å². The summed E-state index contributed by atoms with van der Waals surface area (Å²) in [5, 5.41) is 3.09. The molecule has 1 N–H and O–H groups in total. The minimum absolute atomic E-state index is 0.0503. The van der Waals surface area contributed by atoms with Crippen LogP contribution in [0.5, 0.6) is 0 Å². The third-order valence-electron chi connectivity index (χ3n) is 3.20. The van der Waals surface area contributed by atoms with Gasteiger partial charge in [0.05, 0.1) is 0 Å². The molecule has 1 aliphatic rings. The Morgan fingerprint density at radius 1 is 1.35 bits per heavy atom. The summed E-state index contributed by atoms with van der Waals surface area (Å²) in [4.78, 5) is 12.1. The summed E-state index contributed by atoms with van der Waals surface area (Å²) >= 11 is 0. The Morgan fingerprint density at radius 2 is 2.06 bits per heavy atom. The first-order valence-corrected chi connectivity index (χ1v) is 6.27. The number of benzene rings is 1. The zero-order chi connectivity index (χ0) is 12.1. The molecule has 3 heteroatoms. The van der Waals surface area contributed by atoms with Crippen molar-refractivity contribution in [1.82, 2.24) is 5.32 Å². The van der Waals surface area contributed by atoms with Crippen LogP contribution in [0.15, 0.2) is 24.3 Å². The molecule has 0 atom stereocenters. The van der Waals surface area contributed by atoms with Crippen molar-refractivity contribution in [1.29, 1.82) is 0 Å². The van der Waals surface area contributed by atoms with Crippen LogP contribution in [0.3, 0.4) is 0 Å². The van der Waals surface area contributed by atoms with Crippen LogP contribution < -0.4 is 5.32 Å². The zero-order valence-electron chi connectivity index (χ0n) is 10.2. The molecule has 0 aliphatic carbocycles. The van der Waals surface area contributed by atoms with Gasteiger partial charge in [-0.1, -0.05) is 25.1 Å². The highest BCUT2D eigenvalue weighted by Gasteiger charge is 2.17. The van der Waals surface area contributed by atoms with E-state index in [-0.39, 0.29) is 11.9 Å². The van der Waals surface area contributed by atoms with Gasteiger partial charge in [0.2, 0.25) is 0 Å². The second kappa shape index (κ2) is 5.82. The van der Waals surface area contributed by atoms with E-state index in [1.54, 1.807) is 0 Å². The summed E-state index contributed by atoms with van der Waals surface area (Å²) in [5.41, 5.74) is 1.92. The van der Waals surface area contributed by atoms with Gasteiger partial charge in [0.1, 0.15) is 0 Å². The lowest BCUT2D eigenvalue weighted by Crippen LogP contribution is -2.39. The lowest BCUT2D eigenvalue weighted by Gasteiger charge is -2.23. The van der Waals surface area contributed by atoms with E-state index in [4.69, 9.17) is 4.74 Å². The van der Waals surface area contributed by atoms with Crippen molar-refractivity contribution in [2.45, 2.75) is 32.2 Å². The summed E-state index contributed by atoms with van der Waals surface area (Å²) in [6.07, 6.45) is 2.72. The molecular formula is C14H19NO2. The van der Waals surface area contributed by atoms with Crippen molar-refractivity contribution in [3.05, 3.63) is 35.4 Å². The van der Waals surface area contributed by atoms with E-state index in [0.717, 1.165) is 43.6 Å². The number of nitrogens with one attached hydrogen (secondary N) is 1. The fourth-order valence-electron chi connectivity index (χ4n) is 2.16. The number of hydrogen-bond donors (Lipinski definition) is 1. The largest absolute Gasteiger partial charge is 0.381 e. The van der Waals surface area contributed by atoms with Gasteiger partial charge in [-0.2, -0.15) is 0 Å². The second-order valence-corrected chi connectivity index (χ2v) is 4.37. The molecule has 1 amide bonds. The predicted molar refractivity (Wildman–Crippen MR) is 67.1 cm³/mol. The molecule has 0 spiro atoms. The van der Waals surface area contributed by atoms with E-state index < -0.39 is 0 Å². The Balaban J connectivity index is 2.03. The van der Waals surface area contributed by atoms with Gasteiger partial charge in [0.15, 0.2) is 0 Å². The fourth-order valence-corrected chi connectivity index (χ4v) is 2.16. The van der Waals surface area contributed by atoms with Gasteiger partial charge in [0, 0.05) is 24.8 Å². The molecule has 92 valence electrons. The Hall–Kier alpha value is -1.35. The van der Waals surface area contributed by atoms with Crippen LogP contribution in [-0.2, 0) is 11.2 Å². The summed E-state index contributed by atoms with van der Waals surface area (Å²) in [7, 11) is 0. The number of amides is 1. The maximum atomic E-state index is 12.1. The molecule has 2 rings (SSSR count). The monoisotopic (exact) mass is 233 g/mol. The minimum atomic E-state index is 0.0503. The van der Waals surface area contributed by atoms with Gasteiger partial charge in [-0.05, 0) is 30.9 Å². The Bertz CT molecular complexity index is 384. The molecule has 1 saturated heterocycles. The van der Waals surface area contributed by atoms with Crippen molar-refractivity contribution in [3.63, 3.8) is 0 Å². The SMILES string of the molecule is CCc1ccccc1C(=O)NC1CCOCC1. The Morgan fingerprint density at radius 3 is 2.76 bits per heavy atom. The van der Waals surface area contributed by atoms with Crippen LogP contribution in [0.25, 0.3) is 0 Å². The summed E-state index contributed by atoms with van der Waals surface area (Å²) < 4.78 is 5.28. The summed E-state index contributed by atoms with van der Waals surface area (Å²) in [5.74, 6) is 0.0503. The van der Waals surface area contributed by atoms with Gasteiger partial charge in [0.25, 0.3) is 5.91 Å². The van der Waals surface area contributed by atoms with Gasteiger partial charge >= 0.3 is 0 Å². The van der Waals surface area contributed by atoms with Crippen LogP contribution in [0, 0.1) is 0 Å². The van der Waals surface area contributed by atoms with E-state index in [2.05, 4.69) is 12.2 Å². The molecule has 0 aromatic heterocycles. The molecule has 1 aromatic rings. The van der Waals surface area contributed by atoms with Crippen molar-refractivity contribution >= 4 is 5.91 Å². The maximum Gasteiger partial charge on any atom is 0.251 e. The number of ether oxygens (including phenoxy) is 1. The molecule has 17 heavy (non-hydrogen) atoms. The van der Waals surface area contributed by atoms with Gasteiger partial charge < -0.3 is 10.1 Å². The topological polar surface area (TPSA) is 38.3 Å². The van der Waals surface area contributed by atoms with Crippen molar-refractivity contribution in [2.75, 3.05) is 13.2 Å². The number of rotatable bonds is 3. The summed E-state index contributed by atoms with van der Waals surface area (Å²) in [6.45, 7) is 3.57. The Kier molecular flexibility index (Phi) is 4.15. The minimum Gasteiger partial charge on any atom is -0.381 e. The van der Waals surface area contributed by atoms with E-state index in [1.165, 1.54) is 0 Å². The number of carbonyl (C=O) groups excluding carboxylic acids is 1. The molecular weight excluding hydrogens is 214 g/mol. The van der Waals surface area contributed by atoms with Gasteiger partial charge in [-0.3, -0.25) is 4.79 Å². The number of carbonyl (C=O) groups is 1. The van der Waals surface area contributed by atoms with Crippen molar-refractivity contribution in [3.8, 4) is 0 Å². The lowest BCUT2D eigenvalue weighted by molar-refractivity contribution is 0.0696. The fraction of sp³-hybridized carbons (Fsp3) is 0.500. The first-order chi connectivity index (χ1) is 8.31. The highest BCUT2D eigenvalue weighted by atomic mass is 16.5. The average Bonchev–Trinajstić information content (AvgIpc) is 2.40. The molecule has 0 radical (unpaired) electrons. The van der Waals surface area contributed by atoms with Crippen LogP contribution in [0.1, 0.15) is 35.7 Å². The molecule has 0 saturated carbocycles. The Labute approximate surface area is 102 Å². The average molecular weight is 233 g/mol. The lowest BCUT2D eigenvalue weighted by atomic mass is 10.0.